The monoisotopic (exact) mass is 275 g/mol. The van der Waals surface area contributed by atoms with Crippen molar-refractivity contribution in [2.75, 3.05) is 7.05 Å². The Hall–Kier alpha value is -0.770. The fourth-order valence-electron chi connectivity index (χ4n) is 1.52. The SMILES string of the molecule is CC(C(=O)O)N(C)C(C)c1ccc(Cl)c(Cl)c1. The van der Waals surface area contributed by atoms with Crippen molar-refractivity contribution in [3.8, 4) is 0 Å². The maximum Gasteiger partial charge on any atom is 0.320 e. The van der Waals surface area contributed by atoms with Gasteiger partial charge in [0.05, 0.1) is 10.0 Å². The summed E-state index contributed by atoms with van der Waals surface area (Å²) in [6.07, 6.45) is 0. The number of carbonyl (C=O) groups is 1. The Labute approximate surface area is 111 Å². The van der Waals surface area contributed by atoms with Gasteiger partial charge in [-0.05, 0) is 38.6 Å². The van der Waals surface area contributed by atoms with Gasteiger partial charge in [-0.1, -0.05) is 29.3 Å². The minimum atomic E-state index is -0.848. The fourth-order valence-corrected chi connectivity index (χ4v) is 1.82. The average Bonchev–Trinajstić information content (AvgIpc) is 2.29. The lowest BCUT2D eigenvalue weighted by molar-refractivity contribution is -0.142. The van der Waals surface area contributed by atoms with Crippen LogP contribution in [0.3, 0.4) is 0 Å². The Morgan fingerprint density at radius 2 is 1.88 bits per heavy atom. The molecule has 5 heteroatoms. The van der Waals surface area contributed by atoms with Gasteiger partial charge in [-0.15, -0.1) is 0 Å². The number of likely N-dealkylation sites (N-methyl/N-ethyl adjacent to an activating group) is 1. The van der Waals surface area contributed by atoms with Gasteiger partial charge in [0.1, 0.15) is 6.04 Å². The first-order chi connectivity index (χ1) is 7.84. The van der Waals surface area contributed by atoms with E-state index >= 15 is 0 Å². The van der Waals surface area contributed by atoms with Crippen molar-refractivity contribution >= 4 is 29.2 Å². The highest BCUT2D eigenvalue weighted by atomic mass is 35.5. The van der Waals surface area contributed by atoms with Crippen LogP contribution in [0.25, 0.3) is 0 Å². The minimum Gasteiger partial charge on any atom is -0.480 e. The van der Waals surface area contributed by atoms with Crippen LogP contribution in [-0.4, -0.2) is 29.1 Å². The van der Waals surface area contributed by atoms with E-state index in [1.54, 1.807) is 31.0 Å². The van der Waals surface area contributed by atoms with Crippen molar-refractivity contribution in [2.24, 2.45) is 0 Å². The first-order valence-electron chi connectivity index (χ1n) is 5.24. The Kier molecular flexibility index (Phi) is 4.80. The van der Waals surface area contributed by atoms with Crippen molar-refractivity contribution in [2.45, 2.75) is 25.9 Å². The lowest BCUT2D eigenvalue weighted by atomic mass is 10.1. The molecule has 0 bridgehead atoms. The molecule has 0 aliphatic heterocycles. The molecular weight excluding hydrogens is 261 g/mol. The minimum absolute atomic E-state index is 0.0455. The third-order valence-corrected chi connectivity index (χ3v) is 3.74. The molecule has 1 aromatic carbocycles. The van der Waals surface area contributed by atoms with Crippen molar-refractivity contribution in [3.05, 3.63) is 33.8 Å². The number of nitrogens with zero attached hydrogens (tertiary/aromatic N) is 1. The van der Waals surface area contributed by atoms with Crippen LogP contribution in [0.5, 0.6) is 0 Å². The van der Waals surface area contributed by atoms with Crippen LogP contribution in [0.1, 0.15) is 25.5 Å². The first-order valence-corrected chi connectivity index (χ1v) is 6.00. The molecular formula is C12H15Cl2NO2. The van der Waals surface area contributed by atoms with Crippen molar-refractivity contribution in [1.29, 1.82) is 0 Å². The largest absolute Gasteiger partial charge is 0.480 e. The zero-order chi connectivity index (χ0) is 13.2. The van der Waals surface area contributed by atoms with Crippen molar-refractivity contribution in [1.82, 2.24) is 4.90 Å². The molecule has 1 N–H and O–H groups in total. The van der Waals surface area contributed by atoms with E-state index in [1.807, 2.05) is 13.0 Å². The molecule has 0 aliphatic rings. The first kappa shape index (κ1) is 14.3. The number of carboxylic acids is 1. The Morgan fingerprint density at radius 3 is 2.35 bits per heavy atom. The van der Waals surface area contributed by atoms with Gasteiger partial charge in [0.25, 0.3) is 0 Å². The molecule has 0 amide bonds. The third-order valence-electron chi connectivity index (χ3n) is 3.01. The van der Waals surface area contributed by atoms with Crippen LogP contribution < -0.4 is 0 Å². The maximum absolute atomic E-state index is 10.9. The number of rotatable bonds is 4. The Bertz CT molecular complexity index is 423. The molecule has 0 radical (unpaired) electrons. The summed E-state index contributed by atoms with van der Waals surface area (Å²) in [5.41, 5.74) is 0.940. The molecule has 1 rings (SSSR count). The van der Waals surface area contributed by atoms with Gasteiger partial charge < -0.3 is 5.11 Å². The van der Waals surface area contributed by atoms with Gasteiger partial charge in [-0.3, -0.25) is 9.69 Å². The zero-order valence-electron chi connectivity index (χ0n) is 9.95. The summed E-state index contributed by atoms with van der Waals surface area (Å²) in [5.74, 6) is -0.848. The van der Waals surface area contributed by atoms with Gasteiger partial charge in [0, 0.05) is 6.04 Å². The molecule has 94 valence electrons. The van der Waals surface area contributed by atoms with E-state index in [2.05, 4.69) is 0 Å². The molecule has 2 atom stereocenters. The van der Waals surface area contributed by atoms with Gasteiger partial charge >= 0.3 is 5.97 Å². The summed E-state index contributed by atoms with van der Waals surface area (Å²) in [7, 11) is 1.77. The molecule has 3 nitrogen and oxygen atoms in total. The summed E-state index contributed by atoms with van der Waals surface area (Å²) in [5, 5.41) is 9.93. The van der Waals surface area contributed by atoms with E-state index in [0.717, 1.165) is 5.56 Å². The quantitative estimate of drug-likeness (QED) is 0.915. The molecule has 0 aliphatic carbocycles. The van der Waals surface area contributed by atoms with E-state index < -0.39 is 12.0 Å². The second-order valence-electron chi connectivity index (χ2n) is 4.03. The van der Waals surface area contributed by atoms with Crippen LogP contribution in [0.15, 0.2) is 18.2 Å². The van der Waals surface area contributed by atoms with Gasteiger partial charge in [-0.25, -0.2) is 0 Å². The average molecular weight is 276 g/mol. The van der Waals surface area contributed by atoms with Gasteiger partial charge in [-0.2, -0.15) is 0 Å². The molecule has 0 heterocycles. The van der Waals surface area contributed by atoms with Crippen LogP contribution in [0.2, 0.25) is 10.0 Å². The molecule has 1 aromatic rings. The summed E-state index contributed by atoms with van der Waals surface area (Å²) in [4.78, 5) is 12.7. The maximum atomic E-state index is 10.9. The van der Waals surface area contributed by atoms with Crippen LogP contribution in [0, 0.1) is 0 Å². The van der Waals surface area contributed by atoms with Crippen molar-refractivity contribution < 1.29 is 9.90 Å². The predicted molar refractivity (Wildman–Crippen MR) is 69.7 cm³/mol. The highest BCUT2D eigenvalue weighted by molar-refractivity contribution is 6.42. The van der Waals surface area contributed by atoms with E-state index in [9.17, 15) is 4.79 Å². The summed E-state index contributed by atoms with van der Waals surface area (Å²) < 4.78 is 0. The Balaban J connectivity index is 2.92. The number of halogens is 2. The third kappa shape index (κ3) is 3.35. The molecule has 2 unspecified atom stereocenters. The molecule has 0 saturated heterocycles. The Morgan fingerprint density at radius 1 is 1.29 bits per heavy atom. The van der Waals surface area contributed by atoms with Gasteiger partial charge in [0.2, 0.25) is 0 Å². The molecule has 0 fully saturated rings. The topological polar surface area (TPSA) is 40.5 Å². The zero-order valence-corrected chi connectivity index (χ0v) is 11.5. The summed E-state index contributed by atoms with van der Waals surface area (Å²) in [6.45, 7) is 3.58. The second kappa shape index (κ2) is 5.71. The normalized spacial score (nSPS) is 14.7. The molecule has 0 aromatic heterocycles. The summed E-state index contributed by atoms with van der Waals surface area (Å²) in [6, 6.07) is 4.73. The highest BCUT2D eigenvalue weighted by Gasteiger charge is 2.22. The number of benzene rings is 1. The molecule has 0 spiro atoms. The van der Waals surface area contributed by atoms with E-state index in [-0.39, 0.29) is 6.04 Å². The highest BCUT2D eigenvalue weighted by Crippen LogP contribution is 2.28. The van der Waals surface area contributed by atoms with Crippen LogP contribution in [0.4, 0.5) is 0 Å². The number of hydrogen-bond acceptors (Lipinski definition) is 2. The smallest absolute Gasteiger partial charge is 0.320 e. The van der Waals surface area contributed by atoms with E-state index in [0.29, 0.717) is 10.0 Å². The number of aliphatic carboxylic acids is 1. The summed E-state index contributed by atoms with van der Waals surface area (Å²) >= 11 is 11.8. The van der Waals surface area contributed by atoms with Crippen LogP contribution in [-0.2, 0) is 4.79 Å². The lowest BCUT2D eigenvalue weighted by Crippen LogP contribution is -2.37. The molecule has 0 saturated carbocycles. The fraction of sp³-hybridized carbons (Fsp3) is 0.417. The predicted octanol–water partition coefficient (Wildman–Crippen LogP) is 3.46. The van der Waals surface area contributed by atoms with E-state index in [4.69, 9.17) is 28.3 Å². The van der Waals surface area contributed by atoms with Crippen molar-refractivity contribution in [3.63, 3.8) is 0 Å². The molecule has 17 heavy (non-hydrogen) atoms. The lowest BCUT2D eigenvalue weighted by Gasteiger charge is -2.28. The van der Waals surface area contributed by atoms with E-state index in [1.165, 1.54) is 0 Å². The standard InChI is InChI=1S/C12H15Cl2NO2/c1-7(15(3)8(2)12(16)17)9-4-5-10(13)11(14)6-9/h4-8H,1-3H3,(H,16,17). The van der Waals surface area contributed by atoms with Crippen LogP contribution >= 0.6 is 23.2 Å². The second-order valence-corrected chi connectivity index (χ2v) is 4.84. The number of hydrogen-bond donors (Lipinski definition) is 1. The number of carboxylic acid groups (broad SMARTS) is 1. The van der Waals surface area contributed by atoms with Gasteiger partial charge in [0.15, 0.2) is 0 Å².